The molecule has 0 radical (unpaired) electrons. The fourth-order valence-electron chi connectivity index (χ4n) is 5.94. The van der Waals surface area contributed by atoms with E-state index in [2.05, 4.69) is 90.5 Å². The van der Waals surface area contributed by atoms with Crippen molar-refractivity contribution in [3.05, 3.63) is 99.6 Å². The van der Waals surface area contributed by atoms with Gasteiger partial charge < -0.3 is 25.4 Å². The first-order valence-corrected chi connectivity index (χ1v) is 16.0. The van der Waals surface area contributed by atoms with Gasteiger partial charge >= 0.3 is 0 Å². The van der Waals surface area contributed by atoms with Crippen LogP contribution in [-0.2, 0) is 9.47 Å². The first-order chi connectivity index (χ1) is 21.9. The molecule has 0 aliphatic carbocycles. The average molecular weight is 630 g/mol. The highest BCUT2D eigenvalue weighted by atomic mass is 35.5. The number of anilines is 2. The van der Waals surface area contributed by atoms with Gasteiger partial charge in [-0.3, -0.25) is 4.90 Å². The van der Waals surface area contributed by atoms with Crippen LogP contribution in [0.1, 0.15) is 33.9 Å². The molecule has 0 saturated carbocycles. The number of aromatic nitrogens is 3. The number of hydrogen-bond donors (Lipinski definition) is 2. The summed E-state index contributed by atoms with van der Waals surface area (Å²) in [6, 6.07) is 23.4. The van der Waals surface area contributed by atoms with Gasteiger partial charge in [0.1, 0.15) is 0 Å². The van der Waals surface area contributed by atoms with Crippen LogP contribution in [-0.4, -0.2) is 85.5 Å². The van der Waals surface area contributed by atoms with Crippen LogP contribution in [0.4, 0.5) is 11.9 Å². The second-order valence-corrected chi connectivity index (χ2v) is 11.8. The van der Waals surface area contributed by atoms with Crippen molar-refractivity contribution in [2.45, 2.75) is 26.8 Å². The van der Waals surface area contributed by atoms with Gasteiger partial charge in [0.15, 0.2) is 5.82 Å². The van der Waals surface area contributed by atoms with Gasteiger partial charge in [0, 0.05) is 49.9 Å². The smallest absolute Gasteiger partial charge is 0.230 e. The summed E-state index contributed by atoms with van der Waals surface area (Å²) in [4.78, 5) is 19.6. The van der Waals surface area contributed by atoms with Crippen LogP contribution in [0.25, 0.3) is 11.4 Å². The lowest BCUT2D eigenvalue weighted by atomic mass is 9.96. The predicted octanol–water partition coefficient (Wildman–Crippen LogP) is 5.43. The van der Waals surface area contributed by atoms with E-state index in [9.17, 15) is 0 Å². The third-order valence-electron chi connectivity index (χ3n) is 7.95. The van der Waals surface area contributed by atoms with E-state index in [-0.39, 0.29) is 6.04 Å². The van der Waals surface area contributed by atoms with E-state index in [4.69, 9.17) is 41.8 Å². The summed E-state index contributed by atoms with van der Waals surface area (Å²) in [5, 5.41) is 4.11. The summed E-state index contributed by atoms with van der Waals surface area (Å²) >= 11 is 6.24. The highest BCUT2D eigenvalue weighted by molar-refractivity contribution is 6.30. The number of benzene rings is 3. The van der Waals surface area contributed by atoms with Crippen molar-refractivity contribution in [1.82, 2.24) is 19.9 Å². The van der Waals surface area contributed by atoms with E-state index in [0.717, 1.165) is 47.9 Å². The monoisotopic (exact) mass is 629 g/mol. The molecule has 4 aromatic rings. The van der Waals surface area contributed by atoms with Crippen LogP contribution >= 0.6 is 11.6 Å². The molecule has 0 spiro atoms. The lowest BCUT2D eigenvalue weighted by Crippen LogP contribution is -2.48. The van der Waals surface area contributed by atoms with Crippen molar-refractivity contribution >= 4 is 23.5 Å². The molecule has 0 bridgehead atoms. The van der Waals surface area contributed by atoms with Gasteiger partial charge in [-0.2, -0.15) is 15.0 Å². The maximum absolute atomic E-state index is 6.24. The summed E-state index contributed by atoms with van der Waals surface area (Å²) in [6.45, 7) is 12.8. The van der Waals surface area contributed by atoms with Crippen LogP contribution in [0.5, 0.6) is 0 Å². The molecule has 1 atom stereocenters. The Morgan fingerprint density at radius 2 is 1.44 bits per heavy atom. The fraction of sp³-hybridized carbons (Fsp3) is 0.400. The van der Waals surface area contributed by atoms with E-state index < -0.39 is 0 Å². The highest BCUT2D eigenvalue weighted by Gasteiger charge is 2.28. The Labute approximate surface area is 271 Å². The Hall–Kier alpha value is -3.60. The first kappa shape index (κ1) is 32.8. The minimum atomic E-state index is 0.135. The van der Waals surface area contributed by atoms with Crippen LogP contribution in [0.15, 0.2) is 66.7 Å². The molecule has 1 aromatic heterocycles. The van der Waals surface area contributed by atoms with Gasteiger partial charge in [-0.05, 0) is 55.2 Å². The van der Waals surface area contributed by atoms with Gasteiger partial charge in [0.05, 0.1) is 32.5 Å². The largest absolute Gasteiger partial charge is 0.378 e. The fourth-order valence-corrected chi connectivity index (χ4v) is 6.07. The molecule has 238 valence electrons. The second kappa shape index (κ2) is 16.1. The maximum Gasteiger partial charge on any atom is 0.230 e. The molecule has 1 aliphatic heterocycles. The zero-order chi connectivity index (χ0) is 31.6. The molecule has 5 rings (SSSR count). The van der Waals surface area contributed by atoms with Crippen molar-refractivity contribution in [2.75, 3.05) is 75.9 Å². The van der Waals surface area contributed by atoms with Crippen LogP contribution < -0.4 is 16.0 Å². The molecule has 2 heterocycles. The van der Waals surface area contributed by atoms with Crippen LogP contribution in [0.3, 0.4) is 0 Å². The van der Waals surface area contributed by atoms with Gasteiger partial charge in [0.25, 0.3) is 0 Å². The molecule has 3 aromatic carbocycles. The predicted molar refractivity (Wildman–Crippen MR) is 182 cm³/mol. The van der Waals surface area contributed by atoms with Crippen LogP contribution in [0.2, 0.25) is 5.02 Å². The number of rotatable bonds is 14. The number of nitrogens with two attached hydrogens (primary N) is 1. The average Bonchev–Trinajstić information content (AvgIpc) is 3.04. The van der Waals surface area contributed by atoms with E-state index in [1.54, 1.807) is 0 Å². The standard InChI is InChI=1S/C35H44ClN7O2/c1-25-23-26(2)31(27(3)24-25)33-39-34(38-14-20-45-22-21-44-19-13-37)41-35(40-33)43-17-15-42(16-18-43)32(28-7-5-4-6-8-28)29-9-11-30(36)12-10-29/h4-12,23-24,32H,13-22,37H2,1-3H3,(H,38,39,40,41). The zero-order valence-corrected chi connectivity index (χ0v) is 27.3. The highest BCUT2D eigenvalue weighted by Crippen LogP contribution is 2.32. The Morgan fingerprint density at radius 3 is 2.11 bits per heavy atom. The number of piperazine rings is 1. The van der Waals surface area contributed by atoms with Crippen molar-refractivity contribution in [3.8, 4) is 11.4 Å². The number of hydrogen-bond acceptors (Lipinski definition) is 9. The number of nitrogens with one attached hydrogen (secondary N) is 1. The topological polar surface area (TPSA) is 102 Å². The SMILES string of the molecule is Cc1cc(C)c(-c2nc(NCCOCCOCCN)nc(N3CCN(C(c4ccccc4)c4ccc(Cl)cc4)CC3)n2)c(C)c1. The first-order valence-electron chi connectivity index (χ1n) is 15.7. The summed E-state index contributed by atoms with van der Waals surface area (Å²) in [5.41, 5.74) is 12.5. The van der Waals surface area contributed by atoms with E-state index in [1.165, 1.54) is 16.7 Å². The van der Waals surface area contributed by atoms with Gasteiger partial charge in [-0.1, -0.05) is 71.8 Å². The number of nitrogens with zero attached hydrogens (tertiary/aromatic N) is 5. The molecule has 1 saturated heterocycles. The summed E-state index contributed by atoms with van der Waals surface area (Å²) in [5.74, 6) is 1.91. The molecule has 1 unspecified atom stereocenters. The molecular weight excluding hydrogens is 586 g/mol. The normalized spacial score (nSPS) is 14.5. The molecular formula is C35H44ClN7O2. The molecule has 0 amide bonds. The van der Waals surface area contributed by atoms with Crippen molar-refractivity contribution < 1.29 is 9.47 Å². The minimum Gasteiger partial charge on any atom is -0.378 e. The number of ether oxygens (including phenoxy) is 2. The van der Waals surface area contributed by atoms with E-state index >= 15 is 0 Å². The van der Waals surface area contributed by atoms with Crippen molar-refractivity contribution in [2.24, 2.45) is 5.73 Å². The van der Waals surface area contributed by atoms with Crippen LogP contribution in [0, 0.1) is 20.8 Å². The molecule has 1 aliphatic rings. The van der Waals surface area contributed by atoms with E-state index in [1.807, 2.05) is 12.1 Å². The zero-order valence-electron chi connectivity index (χ0n) is 26.5. The molecule has 45 heavy (non-hydrogen) atoms. The Balaban J connectivity index is 1.34. The molecule has 3 N–H and O–H groups in total. The minimum absolute atomic E-state index is 0.135. The lowest BCUT2D eigenvalue weighted by molar-refractivity contribution is 0.0547. The Kier molecular flexibility index (Phi) is 11.7. The summed E-state index contributed by atoms with van der Waals surface area (Å²) < 4.78 is 11.1. The van der Waals surface area contributed by atoms with E-state index in [0.29, 0.717) is 57.2 Å². The Morgan fingerprint density at radius 1 is 0.800 bits per heavy atom. The molecule has 10 heteroatoms. The molecule has 9 nitrogen and oxygen atoms in total. The lowest BCUT2D eigenvalue weighted by Gasteiger charge is -2.40. The number of aryl methyl sites for hydroxylation is 3. The second-order valence-electron chi connectivity index (χ2n) is 11.4. The number of halogens is 1. The maximum atomic E-state index is 6.24. The Bertz CT molecular complexity index is 1490. The molecule has 1 fully saturated rings. The summed E-state index contributed by atoms with van der Waals surface area (Å²) in [7, 11) is 0. The van der Waals surface area contributed by atoms with Crippen molar-refractivity contribution in [3.63, 3.8) is 0 Å². The van der Waals surface area contributed by atoms with Gasteiger partial charge in [-0.25, -0.2) is 0 Å². The third kappa shape index (κ3) is 8.77. The third-order valence-corrected chi connectivity index (χ3v) is 8.20. The quantitative estimate of drug-likeness (QED) is 0.177. The van der Waals surface area contributed by atoms with Gasteiger partial charge in [0.2, 0.25) is 11.9 Å². The summed E-state index contributed by atoms with van der Waals surface area (Å²) in [6.07, 6.45) is 0. The van der Waals surface area contributed by atoms with Crippen molar-refractivity contribution in [1.29, 1.82) is 0 Å². The van der Waals surface area contributed by atoms with Gasteiger partial charge in [-0.15, -0.1) is 0 Å².